The van der Waals surface area contributed by atoms with E-state index in [1.54, 1.807) is 0 Å². The average molecular weight is 598 g/mol. The molecular formula is H2Cl6OW2. The molecule has 1 nitrogen and oxygen atoms in total. The van der Waals surface area contributed by atoms with Crippen LogP contribution in [-0.2, 0) is 28.4 Å². The molecule has 0 aromatic carbocycles. The zero-order valence-electron chi connectivity index (χ0n) is 3.58. The maximum absolute atomic E-state index is 5.47. The van der Waals surface area contributed by atoms with Crippen LogP contribution in [-0.4, -0.2) is 5.48 Å². The predicted molar refractivity (Wildman–Crippen MR) is 38.7 cm³/mol. The van der Waals surface area contributed by atoms with Crippen molar-refractivity contribution in [2.24, 2.45) is 0 Å². The van der Waals surface area contributed by atoms with Gasteiger partial charge in [0.2, 0.25) is 0 Å². The molecule has 0 amide bonds. The normalized spacial score (nSPS) is 18.0. The van der Waals surface area contributed by atoms with Gasteiger partial charge in [0.15, 0.2) is 0 Å². The Kier molecular flexibility index (Phi) is 6.88. The topological polar surface area (TPSA) is 31.5 Å². The molecule has 0 rings (SSSR count). The predicted octanol–water partition coefficient (Wildman–Crippen LogP) is 3.31. The Morgan fingerprint density at radius 2 is 0.667 bits per heavy atom. The van der Waals surface area contributed by atoms with E-state index < -0.39 is 7.31 Å². The molecule has 0 aliphatic rings. The summed E-state index contributed by atoms with van der Waals surface area (Å²) in [4.78, 5) is 0. The Morgan fingerprint density at radius 1 is 0.667 bits per heavy atom. The fraction of sp³-hybridized carbons (Fsp3) is 0. The first-order valence-corrected chi connectivity index (χ1v) is 22.7. The molecule has 0 spiro atoms. The summed E-state index contributed by atoms with van der Waals surface area (Å²) in [6.45, 7) is 0. The van der Waals surface area contributed by atoms with E-state index in [1.165, 1.54) is 0 Å². The molecule has 0 bridgehead atoms. The van der Waals surface area contributed by atoms with Crippen molar-refractivity contribution in [1.82, 2.24) is 0 Å². The van der Waals surface area contributed by atoms with Crippen LogP contribution in [0.2, 0.25) is 0 Å². The van der Waals surface area contributed by atoms with Gasteiger partial charge in [-0.15, -0.1) is 0 Å². The summed E-state index contributed by atoms with van der Waals surface area (Å²) in [5, 5.41) is 0. The van der Waals surface area contributed by atoms with Gasteiger partial charge in [-0.05, 0) is 0 Å². The largest absolute Gasteiger partial charge is 0 e. The van der Waals surface area contributed by atoms with Gasteiger partial charge in [-0.3, -0.25) is 0 Å². The monoisotopic (exact) mass is 596 g/mol. The van der Waals surface area contributed by atoms with Crippen molar-refractivity contribution < 1.29 is 33.9 Å². The summed E-state index contributed by atoms with van der Waals surface area (Å²) in [7, 11) is 24.9. The van der Waals surface area contributed by atoms with Crippen molar-refractivity contribution in [2.45, 2.75) is 0 Å². The first kappa shape index (κ1) is 18.0. The second-order valence-electron chi connectivity index (χ2n) is 0.875. The number of halogens is 6. The standard InChI is InChI=1S/6ClH.H2O.2W/h6*1H;1H2;;/q;;;;;;;;+6/p-6. The van der Waals surface area contributed by atoms with Crippen molar-refractivity contribution in [3.63, 3.8) is 0 Å². The molecule has 2 N–H and O–H groups in total. The van der Waals surface area contributed by atoms with Gasteiger partial charge in [0.25, 0.3) is 0 Å². The van der Waals surface area contributed by atoms with Gasteiger partial charge in [-0.1, -0.05) is 0 Å². The molecule has 0 aliphatic heterocycles. The number of hydrogen-bond donors (Lipinski definition) is 0. The second-order valence-corrected chi connectivity index (χ2v) is 64.4. The second kappa shape index (κ2) is 3.44. The molecule has 62 valence electrons. The Hall–Kier alpha value is 3.08. The molecule has 0 radical (unpaired) electrons. The molecule has 0 heterocycles. The summed E-state index contributed by atoms with van der Waals surface area (Å²) < 4.78 is 0. The van der Waals surface area contributed by atoms with Crippen LogP contribution in [0.1, 0.15) is 0 Å². The van der Waals surface area contributed by atoms with E-state index in [-0.39, 0.29) is 26.5 Å². The Labute approximate surface area is 88.9 Å². The van der Waals surface area contributed by atoms with E-state index in [0.29, 0.717) is 0 Å². The first-order valence-electron chi connectivity index (χ1n) is 0.926. The summed E-state index contributed by atoms with van der Waals surface area (Å²) in [6.07, 6.45) is 0. The van der Waals surface area contributed by atoms with Crippen LogP contribution in [0.15, 0.2) is 0 Å². The van der Waals surface area contributed by atoms with Crippen molar-refractivity contribution in [1.29, 1.82) is 0 Å². The van der Waals surface area contributed by atoms with Gasteiger partial charge >= 0.3 is 63.8 Å². The fourth-order valence-electron chi connectivity index (χ4n) is 0. The number of rotatable bonds is 0. The molecule has 0 aliphatic carbocycles. The average Bonchev–Trinajstić information content (AvgIpc) is 0.592. The van der Waals surface area contributed by atoms with E-state index in [4.69, 9.17) is 56.5 Å². The van der Waals surface area contributed by atoms with Crippen LogP contribution < -0.4 is 0 Å². The minimum atomic E-state index is -5.47. The zero-order chi connectivity index (χ0) is 6.41. The van der Waals surface area contributed by atoms with Gasteiger partial charge in [0.05, 0.1) is 0 Å². The van der Waals surface area contributed by atoms with Gasteiger partial charge in [-0.25, -0.2) is 0 Å². The van der Waals surface area contributed by atoms with Crippen LogP contribution in [0.3, 0.4) is 0 Å². The molecule has 0 unspecified atom stereocenters. The van der Waals surface area contributed by atoms with Crippen molar-refractivity contribution in [2.75, 3.05) is 0 Å². The van der Waals surface area contributed by atoms with Crippen LogP contribution >= 0.6 is 56.5 Å². The number of hydrogen-bond acceptors (Lipinski definition) is 0. The minimum Gasteiger partial charge on any atom is 0 e. The quantitative estimate of drug-likeness (QED) is 0.410. The molecular weight excluding hydrogens is 596 g/mol. The molecule has 0 atom stereocenters. The maximum Gasteiger partial charge on any atom is 0 e. The molecule has 0 aromatic rings. The van der Waals surface area contributed by atoms with Gasteiger partial charge < -0.3 is 5.48 Å². The van der Waals surface area contributed by atoms with Crippen molar-refractivity contribution >= 4 is 56.5 Å². The van der Waals surface area contributed by atoms with Gasteiger partial charge in [0, 0.05) is 21.1 Å². The summed E-state index contributed by atoms with van der Waals surface area (Å²) in [5.41, 5.74) is 0. The molecule has 9 heavy (non-hydrogen) atoms. The molecule has 0 aromatic heterocycles. The molecule has 0 fully saturated rings. The first-order chi connectivity index (χ1) is 2.45. The zero-order valence-corrected chi connectivity index (χ0v) is 14.0. The molecule has 9 heteroatoms. The van der Waals surface area contributed by atoms with Crippen LogP contribution in [0.25, 0.3) is 0 Å². The Bertz CT molecular complexity index is 69.6. The summed E-state index contributed by atoms with van der Waals surface area (Å²) in [6, 6.07) is 0. The van der Waals surface area contributed by atoms with Gasteiger partial charge in [0.1, 0.15) is 0 Å². The van der Waals surface area contributed by atoms with E-state index >= 15 is 0 Å². The van der Waals surface area contributed by atoms with E-state index in [2.05, 4.69) is 0 Å². The van der Waals surface area contributed by atoms with E-state index in [0.717, 1.165) is 0 Å². The maximum atomic E-state index is 5.07. The third-order valence-corrected chi connectivity index (χ3v) is 0. The third-order valence-electron chi connectivity index (χ3n) is 0. The molecule has 0 saturated carbocycles. The van der Waals surface area contributed by atoms with Crippen LogP contribution in [0.5, 0.6) is 0 Å². The SMILES string of the molecule is O.[Cl][W]([Cl])([Cl])([Cl])([Cl])[Cl].[W]. The summed E-state index contributed by atoms with van der Waals surface area (Å²) >= 11 is 0. The third kappa shape index (κ3) is 96.4. The fourth-order valence-corrected chi connectivity index (χ4v) is 0. The van der Waals surface area contributed by atoms with Crippen molar-refractivity contribution in [3.8, 4) is 0 Å². The molecule has 0 saturated heterocycles. The van der Waals surface area contributed by atoms with Gasteiger partial charge in [-0.2, -0.15) is 0 Å². The van der Waals surface area contributed by atoms with Crippen LogP contribution in [0.4, 0.5) is 0 Å². The summed E-state index contributed by atoms with van der Waals surface area (Å²) in [5.74, 6) is 0. The van der Waals surface area contributed by atoms with E-state index in [9.17, 15) is 0 Å². The smallest absolute Gasteiger partial charge is 0 e. The Morgan fingerprint density at radius 3 is 0.667 bits per heavy atom. The minimum absolute atomic E-state index is 0. The van der Waals surface area contributed by atoms with E-state index in [1.807, 2.05) is 0 Å². The Balaban J connectivity index is -0.000000180. The van der Waals surface area contributed by atoms with Crippen molar-refractivity contribution in [3.05, 3.63) is 0 Å². The van der Waals surface area contributed by atoms with Crippen LogP contribution in [0, 0.1) is 0 Å².